The highest BCUT2D eigenvalue weighted by atomic mass is 19.3. The molecule has 0 spiro atoms. The Bertz CT molecular complexity index is 393. The highest BCUT2D eigenvalue weighted by Crippen LogP contribution is 2.41. The van der Waals surface area contributed by atoms with E-state index in [1.54, 1.807) is 6.20 Å². The molecule has 1 heterocycles. The van der Waals surface area contributed by atoms with Crippen molar-refractivity contribution in [3.63, 3.8) is 0 Å². The molecule has 0 radical (unpaired) electrons. The molecule has 1 aliphatic rings. The number of hydrogen-bond acceptors (Lipinski definition) is 2. The third-order valence-corrected chi connectivity index (χ3v) is 4.02. The molecule has 1 atom stereocenters. The molecule has 0 bridgehead atoms. The van der Waals surface area contributed by atoms with E-state index in [1.165, 1.54) is 0 Å². The average molecular weight is 271 g/mol. The van der Waals surface area contributed by atoms with Crippen molar-refractivity contribution in [3.05, 3.63) is 18.2 Å². The Labute approximate surface area is 113 Å². The van der Waals surface area contributed by atoms with Crippen LogP contribution in [0.15, 0.2) is 12.4 Å². The number of aryl methyl sites for hydroxylation is 1. The highest BCUT2D eigenvalue weighted by molar-refractivity contribution is 5.03. The molecule has 1 saturated carbocycles. The lowest BCUT2D eigenvalue weighted by Crippen LogP contribution is -2.35. The van der Waals surface area contributed by atoms with Gasteiger partial charge in [0.2, 0.25) is 5.92 Å². The first-order chi connectivity index (χ1) is 9.07. The Hall–Kier alpha value is -0.970. The van der Waals surface area contributed by atoms with Crippen molar-refractivity contribution in [1.82, 2.24) is 14.9 Å². The molecule has 1 unspecified atom stereocenters. The molecule has 1 fully saturated rings. The molecule has 1 aliphatic carbocycles. The van der Waals surface area contributed by atoms with Gasteiger partial charge in [-0.15, -0.1) is 0 Å². The molecule has 108 valence electrons. The Morgan fingerprint density at radius 2 is 2.11 bits per heavy atom. The van der Waals surface area contributed by atoms with Gasteiger partial charge in [0, 0.05) is 31.8 Å². The lowest BCUT2D eigenvalue weighted by atomic mass is 9.81. The van der Waals surface area contributed by atoms with Crippen molar-refractivity contribution < 1.29 is 8.78 Å². The minimum Gasteiger partial charge on any atom is -0.334 e. The fraction of sp³-hybridized carbons (Fsp3) is 0.786. The molecule has 0 saturated heterocycles. The zero-order valence-corrected chi connectivity index (χ0v) is 11.7. The van der Waals surface area contributed by atoms with Crippen LogP contribution in [-0.4, -0.2) is 22.0 Å². The second-order valence-electron chi connectivity index (χ2n) is 5.30. The Morgan fingerprint density at radius 1 is 1.42 bits per heavy atom. The highest BCUT2D eigenvalue weighted by Gasteiger charge is 2.38. The number of hydrogen-bond donors (Lipinski definition) is 1. The van der Waals surface area contributed by atoms with Crippen LogP contribution in [0.1, 0.15) is 51.4 Å². The zero-order chi connectivity index (χ0) is 13.9. The van der Waals surface area contributed by atoms with Gasteiger partial charge in [-0.1, -0.05) is 6.92 Å². The van der Waals surface area contributed by atoms with Crippen LogP contribution in [0.25, 0.3) is 0 Å². The zero-order valence-electron chi connectivity index (χ0n) is 11.7. The van der Waals surface area contributed by atoms with Gasteiger partial charge in [-0.25, -0.2) is 13.8 Å². The molecular weight excluding hydrogens is 248 g/mol. The smallest absolute Gasteiger partial charge is 0.248 e. The monoisotopic (exact) mass is 271 g/mol. The second-order valence-corrected chi connectivity index (χ2v) is 5.30. The summed E-state index contributed by atoms with van der Waals surface area (Å²) >= 11 is 0. The summed E-state index contributed by atoms with van der Waals surface area (Å²) in [5.74, 6) is -1.22. The van der Waals surface area contributed by atoms with E-state index in [0.29, 0.717) is 12.8 Å². The second kappa shape index (κ2) is 5.99. The van der Waals surface area contributed by atoms with Crippen molar-refractivity contribution in [2.45, 2.75) is 58.0 Å². The molecule has 0 aliphatic heterocycles. The standard InChI is InChI=1S/C14H23F2N3/c1-3-17-12(13-18-9-10-19(13)4-2)11-5-7-14(15,16)8-6-11/h9-12,17H,3-8H2,1-2H3. The van der Waals surface area contributed by atoms with Crippen LogP contribution in [0.4, 0.5) is 8.78 Å². The van der Waals surface area contributed by atoms with Gasteiger partial charge in [-0.3, -0.25) is 0 Å². The first-order valence-corrected chi connectivity index (χ1v) is 7.19. The van der Waals surface area contributed by atoms with E-state index in [-0.39, 0.29) is 24.8 Å². The third-order valence-electron chi connectivity index (χ3n) is 4.02. The molecule has 1 N–H and O–H groups in total. The van der Waals surface area contributed by atoms with E-state index < -0.39 is 5.92 Å². The summed E-state index contributed by atoms with van der Waals surface area (Å²) in [6.07, 6.45) is 4.90. The van der Waals surface area contributed by atoms with Crippen LogP contribution in [0.5, 0.6) is 0 Å². The summed E-state index contributed by atoms with van der Waals surface area (Å²) in [6, 6.07) is 0.0936. The van der Waals surface area contributed by atoms with Gasteiger partial charge in [-0.05, 0) is 32.2 Å². The minimum absolute atomic E-state index is 0.00634. The molecule has 2 rings (SSSR count). The summed E-state index contributed by atoms with van der Waals surface area (Å²) in [5.41, 5.74) is 0. The first kappa shape index (κ1) is 14.4. The number of alkyl halides is 2. The molecule has 1 aromatic rings. The van der Waals surface area contributed by atoms with Crippen molar-refractivity contribution in [1.29, 1.82) is 0 Å². The molecule has 1 aromatic heterocycles. The largest absolute Gasteiger partial charge is 0.334 e. The van der Waals surface area contributed by atoms with Crippen LogP contribution in [0.2, 0.25) is 0 Å². The molecule has 0 aromatic carbocycles. The molecule has 3 nitrogen and oxygen atoms in total. The van der Waals surface area contributed by atoms with Crippen LogP contribution in [0, 0.1) is 5.92 Å². The lowest BCUT2D eigenvalue weighted by Gasteiger charge is -2.34. The van der Waals surface area contributed by atoms with Gasteiger partial charge in [0.15, 0.2) is 0 Å². The van der Waals surface area contributed by atoms with E-state index >= 15 is 0 Å². The van der Waals surface area contributed by atoms with E-state index in [2.05, 4.69) is 21.8 Å². The minimum atomic E-state index is -2.46. The van der Waals surface area contributed by atoms with Crippen molar-refractivity contribution in [2.75, 3.05) is 6.54 Å². The Kier molecular flexibility index (Phi) is 4.55. The molecule has 5 heteroatoms. The number of halogens is 2. The van der Waals surface area contributed by atoms with Gasteiger partial charge in [0.25, 0.3) is 0 Å². The molecule has 19 heavy (non-hydrogen) atoms. The number of nitrogens with zero attached hydrogens (tertiary/aromatic N) is 2. The van der Waals surface area contributed by atoms with Gasteiger partial charge >= 0.3 is 0 Å². The predicted octanol–water partition coefficient (Wildman–Crippen LogP) is 3.38. The first-order valence-electron chi connectivity index (χ1n) is 7.19. The van der Waals surface area contributed by atoms with Gasteiger partial charge in [0.05, 0.1) is 6.04 Å². The van der Waals surface area contributed by atoms with Crippen molar-refractivity contribution >= 4 is 0 Å². The number of rotatable bonds is 5. The number of aromatic nitrogens is 2. The fourth-order valence-electron chi connectivity index (χ4n) is 2.95. The quantitative estimate of drug-likeness (QED) is 0.889. The number of nitrogens with one attached hydrogen (secondary N) is 1. The summed E-state index contributed by atoms with van der Waals surface area (Å²) in [4.78, 5) is 4.43. The van der Waals surface area contributed by atoms with Crippen LogP contribution < -0.4 is 5.32 Å². The van der Waals surface area contributed by atoms with E-state index in [1.807, 2.05) is 13.1 Å². The van der Waals surface area contributed by atoms with E-state index in [9.17, 15) is 8.78 Å². The summed E-state index contributed by atoms with van der Waals surface area (Å²) in [5, 5.41) is 3.43. The summed E-state index contributed by atoms with van der Waals surface area (Å²) in [7, 11) is 0. The van der Waals surface area contributed by atoms with E-state index in [4.69, 9.17) is 0 Å². The van der Waals surface area contributed by atoms with E-state index in [0.717, 1.165) is 18.9 Å². The van der Waals surface area contributed by atoms with Crippen molar-refractivity contribution in [3.8, 4) is 0 Å². The fourth-order valence-corrected chi connectivity index (χ4v) is 2.95. The van der Waals surface area contributed by atoms with Gasteiger partial charge in [0.1, 0.15) is 5.82 Å². The maximum Gasteiger partial charge on any atom is 0.248 e. The Morgan fingerprint density at radius 3 is 2.68 bits per heavy atom. The Balaban J connectivity index is 2.12. The van der Waals surface area contributed by atoms with Gasteiger partial charge < -0.3 is 9.88 Å². The predicted molar refractivity (Wildman–Crippen MR) is 71.2 cm³/mol. The summed E-state index contributed by atoms with van der Waals surface area (Å²) in [6.45, 7) is 5.81. The normalized spacial score (nSPS) is 21.5. The maximum absolute atomic E-state index is 13.3. The van der Waals surface area contributed by atoms with Crippen LogP contribution in [-0.2, 0) is 6.54 Å². The van der Waals surface area contributed by atoms with Crippen molar-refractivity contribution in [2.24, 2.45) is 5.92 Å². The third kappa shape index (κ3) is 3.32. The lowest BCUT2D eigenvalue weighted by molar-refractivity contribution is -0.0501. The molecule has 0 amide bonds. The van der Waals surface area contributed by atoms with Crippen LogP contribution in [0.3, 0.4) is 0 Å². The average Bonchev–Trinajstić information content (AvgIpc) is 2.84. The molecular formula is C14H23F2N3. The maximum atomic E-state index is 13.3. The van der Waals surface area contributed by atoms with Gasteiger partial charge in [-0.2, -0.15) is 0 Å². The van der Waals surface area contributed by atoms with Crippen LogP contribution >= 0.6 is 0 Å². The SMILES string of the molecule is CCNC(c1nccn1CC)C1CCC(F)(F)CC1. The number of imidazole rings is 1. The topological polar surface area (TPSA) is 29.9 Å². The summed E-state index contributed by atoms with van der Waals surface area (Å²) < 4.78 is 28.6.